The first-order chi connectivity index (χ1) is 7.54. The highest BCUT2D eigenvalue weighted by atomic mass is 16.3. The summed E-state index contributed by atoms with van der Waals surface area (Å²) in [5.41, 5.74) is 3.89. The molecule has 0 aromatic heterocycles. The van der Waals surface area contributed by atoms with Gasteiger partial charge in [-0.3, -0.25) is 0 Å². The summed E-state index contributed by atoms with van der Waals surface area (Å²) in [5, 5.41) is 9.12. The number of hydrogen-bond acceptors (Lipinski definition) is 2. The molecule has 0 aliphatic rings. The Morgan fingerprint density at radius 1 is 1.31 bits per heavy atom. The predicted molar refractivity (Wildman–Crippen MR) is 70.2 cm³/mol. The molecule has 0 radical (unpaired) electrons. The second kappa shape index (κ2) is 5.59. The highest BCUT2D eigenvalue weighted by Gasteiger charge is 2.04. The molecule has 2 nitrogen and oxygen atoms in total. The Morgan fingerprint density at radius 3 is 2.50 bits per heavy atom. The largest absolute Gasteiger partial charge is 0.513 e. The van der Waals surface area contributed by atoms with Crippen LogP contribution in [0.4, 0.5) is 5.69 Å². The van der Waals surface area contributed by atoms with E-state index in [1.54, 1.807) is 0 Å². The van der Waals surface area contributed by atoms with E-state index in [1.807, 2.05) is 14.1 Å². The van der Waals surface area contributed by atoms with Crippen molar-refractivity contribution in [3.05, 3.63) is 41.7 Å². The summed E-state index contributed by atoms with van der Waals surface area (Å²) in [7, 11) is 4.09. The molecule has 0 bridgehead atoms. The summed E-state index contributed by atoms with van der Waals surface area (Å²) < 4.78 is 0. The van der Waals surface area contributed by atoms with Crippen LogP contribution in [0.1, 0.15) is 24.5 Å². The van der Waals surface area contributed by atoms with Crippen LogP contribution >= 0.6 is 0 Å². The van der Waals surface area contributed by atoms with E-state index in [1.165, 1.54) is 16.8 Å². The Morgan fingerprint density at radius 2 is 2.00 bits per heavy atom. The second-order valence-corrected chi connectivity index (χ2v) is 4.27. The van der Waals surface area contributed by atoms with Gasteiger partial charge in [-0.15, -0.1) is 0 Å². The lowest BCUT2D eigenvalue weighted by Gasteiger charge is -2.16. The number of nitrogens with zero attached hydrogens (tertiary/aromatic N) is 1. The van der Waals surface area contributed by atoms with Gasteiger partial charge in [-0.2, -0.15) is 0 Å². The number of hydrogen-bond donors (Lipinski definition) is 1. The summed E-state index contributed by atoms with van der Waals surface area (Å²) >= 11 is 0. The van der Waals surface area contributed by atoms with E-state index in [-0.39, 0.29) is 5.76 Å². The van der Waals surface area contributed by atoms with Crippen LogP contribution in [0, 0.1) is 0 Å². The third-order valence-electron chi connectivity index (χ3n) is 2.77. The SMILES string of the molecule is C=C(O)CCc1ccc(N(C)C)cc1CC. The number of aliphatic hydroxyl groups excluding tert-OH is 1. The van der Waals surface area contributed by atoms with Crippen molar-refractivity contribution in [2.75, 3.05) is 19.0 Å². The summed E-state index contributed by atoms with van der Waals surface area (Å²) in [6, 6.07) is 6.49. The highest BCUT2D eigenvalue weighted by Crippen LogP contribution is 2.20. The zero-order valence-electron chi connectivity index (χ0n) is 10.5. The van der Waals surface area contributed by atoms with Gasteiger partial charge in [0.15, 0.2) is 0 Å². The maximum atomic E-state index is 9.12. The van der Waals surface area contributed by atoms with E-state index in [2.05, 4.69) is 36.6 Å². The molecule has 0 spiro atoms. The number of anilines is 1. The van der Waals surface area contributed by atoms with Crippen LogP contribution in [0.3, 0.4) is 0 Å². The van der Waals surface area contributed by atoms with Crippen LogP contribution in [0.15, 0.2) is 30.5 Å². The molecule has 1 rings (SSSR count). The Kier molecular flexibility index (Phi) is 4.41. The van der Waals surface area contributed by atoms with Crippen LogP contribution in [0.2, 0.25) is 0 Å². The maximum absolute atomic E-state index is 9.12. The summed E-state index contributed by atoms with van der Waals surface area (Å²) in [5.74, 6) is 0.263. The lowest BCUT2D eigenvalue weighted by Crippen LogP contribution is -2.09. The lowest BCUT2D eigenvalue weighted by molar-refractivity contribution is 0.391. The first-order valence-electron chi connectivity index (χ1n) is 5.70. The molecule has 16 heavy (non-hydrogen) atoms. The van der Waals surface area contributed by atoms with E-state index in [0.29, 0.717) is 6.42 Å². The number of benzene rings is 1. The van der Waals surface area contributed by atoms with Gasteiger partial charge in [0.25, 0.3) is 0 Å². The van der Waals surface area contributed by atoms with Crippen molar-refractivity contribution in [2.24, 2.45) is 0 Å². The van der Waals surface area contributed by atoms with Crippen molar-refractivity contribution in [2.45, 2.75) is 26.2 Å². The number of rotatable bonds is 5. The van der Waals surface area contributed by atoms with Crippen molar-refractivity contribution < 1.29 is 5.11 Å². The van der Waals surface area contributed by atoms with Crippen molar-refractivity contribution in [3.63, 3.8) is 0 Å². The minimum absolute atomic E-state index is 0.263. The first kappa shape index (κ1) is 12.6. The quantitative estimate of drug-likeness (QED) is 0.768. The van der Waals surface area contributed by atoms with Crippen LogP contribution < -0.4 is 4.90 Å². The van der Waals surface area contributed by atoms with Gasteiger partial charge in [0, 0.05) is 26.2 Å². The van der Waals surface area contributed by atoms with Gasteiger partial charge in [0.05, 0.1) is 5.76 Å². The molecule has 0 saturated carbocycles. The van der Waals surface area contributed by atoms with Crippen LogP contribution in [-0.2, 0) is 12.8 Å². The van der Waals surface area contributed by atoms with Gasteiger partial charge in [0.1, 0.15) is 0 Å². The second-order valence-electron chi connectivity index (χ2n) is 4.27. The fourth-order valence-electron chi connectivity index (χ4n) is 1.74. The average Bonchev–Trinajstić information content (AvgIpc) is 2.25. The summed E-state index contributed by atoms with van der Waals surface area (Å²) in [6.45, 7) is 5.68. The van der Waals surface area contributed by atoms with Gasteiger partial charge in [-0.05, 0) is 36.1 Å². The average molecular weight is 219 g/mol. The van der Waals surface area contributed by atoms with Crippen LogP contribution in [-0.4, -0.2) is 19.2 Å². The molecule has 0 saturated heterocycles. The fraction of sp³-hybridized carbons (Fsp3) is 0.429. The van der Waals surface area contributed by atoms with E-state index in [4.69, 9.17) is 5.11 Å². The Bertz CT molecular complexity index is 369. The van der Waals surface area contributed by atoms with E-state index < -0.39 is 0 Å². The first-order valence-corrected chi connectivity index (χ1v) is 5.70. The molecule has 2 heteroatoms. The fourth-order valence-corrected chi connectivity index (χ4v) is 1.74. The molecular formula is C14H21NO. The molecule has 0 fully saturated rings. The molecule has 1 aromatic rings. The highest BCUT2D eigenvalue weighted by molar-refractivity contribution is 5.50. The molecule has 1 N–H and O–H groups in total. The summed E-state index contributed by atoms with van der Waals surface area (Å²) in [4.78, 5) is 2.11. The minimum atomic E-state index is 0.263. The molecule has 0 heterocycles. The number of allylic oxidation sites excluding steroid dienone is 1. The monoisotopic (exact) mass is 219 g/mol. The summed E-state index contributed by atoms with van der Waals surface area (Å²) in [6.07, 6.45) is 2.54. The molecule has 88 valence electrons. The third-order valence-corrected chi connectivity index (χ3v) is 2.77. The van der Waals surface area contributed by atoms with Gasteiger partial charge in [-0.25, -0.2) is 0 Å². The minimum Gasteiger partial charge on any atom is -0.513 e. The van der Waals surface area contributed by atoms with Gasteiger partial charge >= 0.3 is 0 Å². The molecule has 0 aliphatic carbocycles. The Labute approximate surface area is 98.2 Å². The zero-order chi connectivity index (χ0) is 12.1. The van der Waals surface area contributed by atoms with Crippen molar-refractivity contribution in [1.29, 1.82) is 0 Å². The molecule has 0 amide bonds. The van der Waals surface area contributed by atoms with Gasteiger partial charge in [-0.1, -0.05) is 19.6 Å². The maximum Gasteiger partial charge on any atom is 0.0854 e. The van der Waals surface area contributed by atoms with Crippen LogP contribution in [0.25, 0.3) is 0 Å². The topological polar surface area (TPSA) is 23.5 Å². The molecule has 1 aromatic carbocycles. The molecular weight excluding hydrogens is 198 g/mol. The Balaban J connectivity index is 2.88. The zero-order valence-corrected chi connectivity index (χ0v) is 10.5. The molecule has 0 atom stereocenters. The van der Waals surface area contributed by atoms with Crippen molar-refractivity contribution in [3.8, 4) is 0 Å². The molecule has 0 unspecified atom stereocenters. The standard InChI is InChI=1S/C14H21NO/c1-5-12-10-14(15(3)4)9-8-13(12)7-6-11(2)16/h8-10,16H,2,5-7H2,1,3-4H3. The van der Waals surface area contributed by atoms with Crippen molar-refractivity contribution in [1.82, 2.24) is 0 Å². The number of aliphatic hydroxyl groups is 1. The smallest absolute Gasteiger partial charge is 0.0854 e. The van der Waals surface area contributed by atoms with Crippen molar-refractivity contribution >= 4 is 5.69 Å². The van der Waals surface area contributed by atoms with E-state index in [0.717, 1.165) is 12.8 Å². The van der Waals surface area contributed by atoms with E-state index in [9.17, 15) is 0 Å². The van der Waals surface area contributed by atoms with Gasteiger partial charge < -0.3 is 10.0 Å². The van der Waals surface area contributed by atoms with Gasteiger partial charge in [0.2, 0.25) is 0 Å². The third kappa shape index (κ3) is 3.30. The lowest BCUT2D eigenvalue weighted by atomic mass is 9.99. The van der Waals surface area contributed by atoms with Crippen LogP contribution in [0.5, 0.6) is 0 Å². The Hall–Kier alpha value is -1.44. The predicted octanol–water partition coefficient (Wildman–Crippen LogP) is 3.32. The van der Waals surface area contributed by atoms with E-state index >= 15 is 0 Å². The number of aryl methyl sites for hydroxylation is 2. The molecule has 0 aliphatic heterocycles. The normalized spacial score (nSPS) is 10.2.